The molecule has 1 aliphatic rings. The van der Waals surface area contributed by atoms with Gasteiger partial charge >= 0.3 is 0 Å². The van der Waals surface area contributed by atoms with Crippen molar-refractivity contribution in [1.82, 2.24) is 0 Å². The molecule has 0 saturated heterocycles. The Morgan fingerprint density at radius 3 is 2.63 bits per heavy atom. The van der Waals surface area contributed by atoms with Crippen molar-refractivity contribution in [3.05, 3.63) is 70.8 Å². The van der Waals surface area contributed by atoms with Crippen LogP contribution in [-0.2, 0) is 0 Å². The molecule has 1 heterocycles. The first-order valence-electron chi connectivity index (χ1n) is 6.09. The number of hydrogen-bond acceptors (Lipinski definition) is 1. The van der Waals surface area contributed by atoms with Gasteiger partial charge in [0.15, 0.2) is 0 Å². The molecule has 3 rings (SSSR count). The number of rotatable bonds is 1. The molecule has 0 unspecified atom stereocenters. The fraction of sp³-hybridized carbons (Fsp3) is 0.0625. The van der Waals surface area contributed by atoms with Crippen LogP contribution < -0.4 is 5.32 Å². The lowest BCUT2D eigenvalue weighted by Crippen LogP contribution is -2.06. The predicted molar refractivity (Wildman–Crippen MR) is 85.8 cm³/mol. The van der Waals surface area contributed by atoms with Crippen molar-refractivity contribution < 1.29 is 0 Å². The molecule has 0 fully saturated rings. The number of anilines is 1. The Morgan fingerprint density at radius 2 is 1.84 bits per heavy atom. The molecule has 2 aromatic rings. The molecular formula is C16H12ClNS. The summed E-state index contributed by atoms with van der Waals surface area (Å²) in [6.07, 6.45) is 2.90. The van der Waals surface area contributed by atoms with Crippen LogP contribution in [0.3, 0.4) is 0 Å². The van der Waals surface area contributed by atoms with E-state index in [4.69, 9.17) is 23.8 Å². The highest BCUT2D eigenvalue weighted by atomic mass is 35.5. The van der Waals surface area contributed by atoms with Gasteiger partial charge in [-0.1, -0.05) is 60.2 Å². The first kappa shape index (κ1) is 12.4. The van der Waals surface area contributed by atoms with Gasteiger partial charge in [-0.3, -0.25) is 0 Å². The first-order chi connectivity index (χ1) is 9.24. The summed E-state index contributed by atoms with van der Waals surface area (Å²) in [7, 11) is 0. The molecule has 19 heavy (non-hydrogen) atoms. The van der Waals surface area contributed by atoms with Crippen molar-refractivity contribution in [2.24, 2.45) is 0 Å². The maximum atomic E-state index is 6.13. The average molecular weight is 286 g/mol. The van der Waals surface area contributed by atoms with Crippen LogP contribution in [-0.4, -0.2) is 4.99 Å². The SMILES string of the molecule is S=C1CC=C(c2ccccc2)c2cc(Cl)ccc2N1. The normalized spacial score (nSPS) is 14.2. The third kappa shape index (κ3) is 2.55. The van der Waals surface area contributed by atoms with E-state index >= 15 is 0 Å². The monoisotopic (exact) mass is 285 g/mol. The average Bonchev–Trinajstić information content (AvgIpc) is 2.58. The van der Waals surface area contributed by atoms with Gasteiger partial charge in [0.25, 0.3) is 0 Å². The van der Waals surface area contributed by atoms with Crippen molar-refractivity contribution in [3.63, 3.8) is 0 Å². The third-order valence-corrected chi connectivity index (χ3v) is 3.63. The molecule has 2 aromatic carbocycles. The van der Waals surface area contributed by atoms with Crippen LogP contribution >= 0.6 is 23.8 Å². The van der Waals surface area contributed by atoms with E-state index in [0.29, 0.717) is 0 Å². The molecule has 0 bridgehead atoms. The third-order valence-electron chi connectivity index (χ3n) is 3.12. The molecule has 0 saturated carbocycles. The quantitative estimate of drug-likeness (QED) is 0.747. The Morgan fingerprint density at radius 1 is 1.05 bits per heavy atom. The lowest BCUT2D eigenvalue weighted by molar-refractivity contribution is 1.50. The summed E-state index contributed by atoms with van der Waals surface area (Å²) >= 11 is 11.4. The van der Waals surface area contributed by atoms with Crippen LogP contribution in [0.1, 0.15) is 17.5 Å². The lowest BCUT2D eigenvalue weighted by Gasteiger charge is -2.12. The number of nitrogens with one attached hydrogen (secondary N) is 1. The van der Waals surface area contributed by atoms with E-state index in [1.54, 1.807) is 0 Å². The second kappa shape index (κ2) is 5.16. The minimum absolute atomic E-state index is 0.732. The standard InChI is InChI=1S/C16H12ClNS/c17-12-6-8-15-14(10-12)13(7-9-16(19)18-15)11-4-2-1-3-5-11/h1-8,10H,9H2,(H,18,19). The molecule has 0 spiro atoms. The summed E-state index contributed by atoms with van der Waals surface area (Å²) in [5, 5.41) is 4.00. The Balaban J connectivity index is 2.20. The number of halogens is 1. The second-order valence-corrected chi connectivity index (χ2v) is 5.36. The van der Waals surface area contributed by atoms with Crippen LogP contribution in [0.2, 0.25) is 5.02 Å². The van der Waals surface area contributed by atoms with Crippen molar-refractivity contribution in [3.8, 4) is 0 Å². The van der Waals surface area contributed by atoms with Crippen molar-refractivity contribution in [2.75, 3.05) is 5.32 Å². The van der Waals surface area contributed by atoms with Gasteiger partial charge in [0.1, 0.15) is 0 Å². The molecule has 0 atom stereocenters. The zero-order valence-electron chi connectivity index (χ0n) is 10.2. The van der Waals surface area contributed by atoms with Gasteiger partial charge in [0.05, 0.1) is 4.99 Å². The minimum atomic E-state index is 0.732. The van der Waals surface area contributed by atoms with Crippen molar-refractivity contribution >= 4 is 40.1 Å². The predicted octanol–water partition coefficient (Wildman–Crippen LogP) is 4.91. The summed E-state index contributed by atoms with van der Waals surface area (Å²) in [5.74, 6) is 0. The van der Waals surface area contributed by atoms with E-state index in [2.05, 4.69) is 23.5 Å². The van der Waals surface area contributed by atoms with Crippen molar-refractivity contribution in [1.29, 1.82) is 0 Å². The van der Waals surface area contributed by atoms with E-state index in [1.165, 1.54) is 11.1 Å². The summed E-state index contributed by atoms with van der Waals surface area (Å²) in [6, 6.07) is 16.1. The van der Waals surface area contributed by atoms with Gasteiger partial charge in [-0.25, -0.2) is 0 Å². The van der Waals surface area contributed by atoms with E-state index in [-0.39, 0.29) is 0 Å². The number of fused-ring (bicyclic) bond motifs is 1. The fourth-order valence-corrected chi connectivity index (χ4v) is 2.61. The van der Waals surface area contributed by atoms with E-state index in [0.717, 1.165) is 27.7 Å². The maximum absolute atomic E-state index is 6.13. The molecule has 94 valence electrons. The first-order valence-corrected chi connectivity index (χ1v) is 6.88. The molecule has 0 radical (unpaired) electrons. The molecule has 1 N–H and O–H groups in total. The maximum Gasteiger partial charge on any atom is 0.0835 e. The van der Waals surface area contributed by atoms with E-state index < -0.39 is 0 Å². The van der Waals surface area contributed by atoms with E-state index in [1.807, 2.05) is 36.4 Å². The molecule has 0 aliphatic carbocycles. The van der Waals surface area contributed by atoms with Gasteiger partial charge in [-0.05, 0) is 29.3 Å². The second-order valence-electron chi connectivity index (χ2n) is 4.43. The largest absolute Gasteiger partial charge is 0.349 e. The summed E-state index contributed by atoms with van der Waals surface area (Å²) in [5.41, 5.74) is 4.46. The van der Waals surface area contributed by atoms with Gasteiger partial charge < -0.3 is 5.32 Å². The van der Waals surface area contributed by atoms with Gasteiger partial charge in [0.2, 0.25) is 0 Å². The highest BCUT2D eigenvalue weighted by Gasteiger charge is 2.15. The van der Waals surface area contributed by atoms with Crippen molar-refractivity contribution in [2.45, 2.75) is 6.42 Å². The van der Waals surface area contributed by atoms with Crippen LogP contribution in [0.15, 0.2) is 54.6 Å². The number of hydrogen-bond donors (Lipinski definition) is 1. The summed E-state index contributed by atoms with van der Waals surface area (Å²) < 4.78 is 0. The Labute approximate surface area is 122 Å². The summed E-state index contributed by atoms with van der Waals surface area (Å²) in [4.78, 5) is 0.828. The summed E-state index contributed by atoms with van der Waals surface area (Å²) in [6.45, 7) is 0. The molecule has 1 nitrogen and oxygen atoms in total. The highest BCUT2D eigenvalue weighted by Crippen LogP contribution is 2.34. The Hall–Kier alpha value is -1.64. The molecule has 3 heteroatoms. The van der Waals surface area contributed by atoms with Gasteiger partial charge in [-0.2, -0.15) is 0 Å². The Kier molecular flexibility index (Phi) is 3.36. The zero-order chi connectivity index (χ0) is 13.2. The van der Waals surface area contributed by atoms with Gasteiger partial charge in [-0.15, -0.1) is 0 Å². The number of thiocarbonyl (C=S) groups is 1. The van der Waals surface area contributed by atoms with Crippen LogP contribution in [0.4, 0.5) is 5.69 Å². The fourth-order valence-electron chi connectivity index (χ4n) is 2.25. The molecule has 0 aromatic heterocycles. The van der Waals surface area contributed by atoms with Crippen LogP contribution in [0.5, 0.6) is 0 Å². The number of benzene rings is 2. The van der Waals surface area contributed by atoms with E-state index in [9.17, 15) is 0 Å². The van der Waals surface area contributed by atoms with Gasteiger partial charge in [0, 0.05) is 22.7 Å². The lowest BCUT2D eigenvalue weighted by atomic mass is 9.96. The molecule has 0 amide bonds. The van der Waals surface area contributed by atoms with Crippen LogP contribution in [0, 0.1) is 0 Å². The van der Waals surface area contributed by atoms with Crippen LogP contribution in [0.25, 0.3) is 5.57 Å². The minimum Gasteiger partial charge on any atom is -0.349 e. The zero-order valence-corrected chi connectivity index (χ0v) is 11.8. The topological polar surface area (TPSA) is 12.0 Å². The smallest absolute Gasteiger partial charge is 0.0835 e. The highest BCUT2D eigenvalue weighted by molar-refractivity contribution is 7.80. The molecule has 1 aliphatic heterocycles. The molecular weight excluding hydrogens is 274 g/mol. The Bertz CT molecular complexity index is 662.